The van der Waals surface area contributed by atoms with Crippen molar-refractivity contribution >= 4 is 23.2 Å². The minimum Gasteiger partial charge on any atom is -0.368 e. The number of hydrogen-bond donors (Lipinski definition) is 1. The SMILES string of the molecule is CN=C(NCCCn1nc(C)cc1C)N1CCN(c2cccc(Cl)c2)CC1. The molecular formula is C20H29ClN6. The minimum atomic E-state index is 0.787. The summed E-state index contributed by atoms with van der Waals surface area (Å²) in [7, 11) is 1.85. The number of hydrogen-bond acceptors (Lipinski definition) is 3. The van der Waals surface area contributed by atoms with Crippen molar-refractivity contribution in [1.29, 1.82) is 0 Å². The molecule has 1 saturated heterocycles. The van der Waals surface area contributed by atoms with Gasteiger partial charge in [0.05, 0.1) is 5.69 Å². The zero-order chi connectivity index (χ0) is 19.2. The maximum Gasteiger partial charge on any atom is 0.193 e. The summed E-state index contributed by atoms with van der Waals surface area (Å²) in [6, 6.07) is 10.2. The van der Waals surface area contributed by atoms with Crippen molar-refractivity contribution in [1.82, 2.24) is 20.0 Å². The van der Waals surface area contributed by atoms with Crippen molar-refractivity contribution in [3.05, 3.63) is 46.7 Å². The number of nitrogens with zero attached hydrogens (tertiary/aromatic N) is 5. The number of benzene rings is 1. The van der Waals surface area contributed by atoms with Crippen LogP contribution in [0.3, 0.4) is 0 Å². The molecule has 1 aliphatic heterocycles. The monoisotopic (exact) mass is 388 g/mol. The summed E-state index contributed by atoms with van der Waals surface area (Å²) < 4.78 is 2.07. The highest BCUT2D eigenvalue weighted by molar-refractivity contribution is 6.30. The highest BCUT2D eigenvalue weighted by atomic mass is 35.5. The maximum atomic E-state index is 6.12. The fourth-order valence-electron chi connectivity index (χ4n) is 3.51. The summed E-state index contributed by atoms with van der Waals surface area (Å²) in [5, 5.41) is 8.80. The average molecular weight is 389 g/mol. The predicted molar refractivity (Wildman–Crippen MR) is 113 cm³/mol. The summed E-state index contributed by atoms with van der Waals surface area (Å²) in [6.45, 7) is 9.77. The summed E-state index contributed by atoms with van der Waals surface area (Å²) in [4.78, 5) is 9.16. The van der Waals surface area contributed by atoms with Crippen LogP contribution in [0.15, 0.2) is 35.3 Å². The van der Waals surface area contributed by atoms with E-state index in [2.05, 4.69) is 48.9 Å². The van der Waals surface area contributed by atoms with Gasteiger partial charge in [0.2, 0.25) is 0 Å². The third-order valence-electron chi connectivity index (χ3n) is 4.90. The number of anilines is 1. The molecular weight excluding hydrogens is 360 g/mol. The zero-order valence-corrected chi connectivity index (χ0v) is 17.2. The van der Waals surface area contributed by atoms with Gasteiger partial charge in [-0.2, -0.15) is 5.10 Å². The summed E-state index contributed by atoms with van der Waals surface area (Å²) in [5.41, 5.74) is 3.48. The Morgan fingerprint density at radius 3 is 2.59 bits per heavy atom. The Labute approximate surface area is 166 Å². The zero-order valence-electron chi connectivity index (χ0n) is 16.5. The Morgan fingerprint density at radius 2 is 1.96 bits per heavy atom. The minimum absolute atomic E-state index is 0.787. The number of halogens is 1. The van der Waals surface area contributed by atoms with Gasteiger partial charge in [-0.05, 0) is 44.5 Å². The van der Waals surface area contributed by atoms with Crippen LogP contribution < -0.4 is 10.2 Å². The molecule has 0 atom stereocenters. The maximum absolute atomic E-state index is 6.12. The van der Waals surface area contributed by atoms with E-state index < -0.39 is 0 Å². The number of aliphatic imine (C=N–C) groups is 1. The lowest BCUT2D eigenvalue weighted by Gasteiger charge is -2.37. The lowest BCUT2D eigenvalue weighted by molar-refractivity contribution is 0.371. The second kappa shape index (κ2) is 9.13. The van der Waals surface area contributed by atoms with Crippen molar-refractivity contribution in [3.8, 4) is 0 Å². The molecule has 146 valence electrons. The normalized spacial score (nSPS) is 15.3. The van der Waals surface area contributed by atoms with Crippen molar-refractivity contribution in [2.24, 2.45) is 4.99 Å². The molecule has 6 nitrogen and oxygen atoms in total. The van der Waals surface area contributed by atoms with Gasteiger partial charge in [0, 0.05) is 62.7 Å². The van der Waals surface area contributed by atoms with Crippen LogP contribution in [-0.4, -0.2) is 60.4 Å². The Hall–Kier alpha value is -2.21. The van der Waals surface area contributed by atoms with Gasteiger partial charge in [0.15, 0.2) is 5.96 Å². The molecule has 1 aromatic heterocycles. The molecule has 0 bridgehead atoms. The van der Waals surface area contributed by atoms with Crippen LogP contribution in [0.25, 0.3) is 0 Å². The number of nitrogens with one attached hydrogen (secondary N) is 1. The van der Waals surface area contributed by atoms with Crippen molar-refractivity contribution in [2.45, 2.75) is 26.8 Å². The first-order chi connectivity index (χ1) is 13.1. The third-order valence-corrected chi connectivity index (χ3v) is 5.13. The van der Waals surface area contributed by atoms with Crippen LogP contribution in [0, 0.1) is 13.8 Å². The molecule has 2 heterocycles. The second-order valence-electron chi connectivity index (χ2n) is 6.93. The Morgan fingerprint density at radius 1 is 1.19 bits per heavy atom. The number of rotatable bonds is 5. The van der Waals surface area contributed by atoms with Crippen molar-refractivity contribution in [3.63, 3.8) is 0 Å². The van der Waals surface area contributed by atoms with Gasteiger partial charge in [0.1, 0.15) is 0 Å². The van der Waals surface area contributed by atoms with E-state index in [1.807, 2.05) is 32.2 Å². The fourth-order valence-corrected chi connectivity index (χ4v) is 3.70. The molecule has 2 aromatic rings. The molecule has 0 saturated carbocycles. The van der Waals surface area contributed by atoms with Crippen LogP contribution in [-0.2, 0) is 6.54 Å². The van der Waals surface area contributed by atoms with Gasteiger partial charge in [0.25, 0.3) is 0 Å². The van der Waals surface area contributed by atoms with Crippen LogP contribution in [0.2, 0.25) is 5.02 Å². The number of guanidine groups is 1. The van der Waals surface area contributed by atoms with Crippen LogP contribution in [0.4, 0.5) is 5.69 Å². The Balaban J connectivity index is 1.44. The van der Waals surface area contributed by atoms with Crippen LogP contribution in [0.5, 0.6) is 0 Å². The Kier molecular flexibility index (Phi) is 6.61. The van der Waals surface area contributed by atoms with E-state index >= 15 is 0 Å². The summed E-state index contributed by atoms with van der Waals surface area (Å²) in [5.74, 6) is 0.981. The largest absolute Gasteiger partial charge is 0.368 e. The van der Waals surface area contributed by atoms with E-state index in [9.17, 15) is 0 Å². The highest BCUT2D eigenvalue weighted by Crippen LogP contribution is 2.20. The molecule has 0 unspecified atom stereocenters. The first-order valence-electron chi connectivity index (χ1n) is 9.54. The second-order valence-corrected chi connectivity index (χ2v) is 7.37. The number of aryl methyl sites for hydroxylation is 3. The average Bonchev–Trinajstić information content (AvgIpc) is 2.99. The van der Waals surface area contributed by atoms with Crippen LogP contribution in [0.1, 0.15) is 17.8 Å². The quantitative estimate of drug-likeness (QED) is 0.486. The van der Waals surface area contributed by atoms with Gasteiger partial charge in [-0.1, -0.05) is 17.7 Å². The lowest BCUT2D eigenvalue weighted by atomic mass is 10.2. The van der Waals surface area contributed by atoms with E-state index in [1.165, 1.54) is 11.4 Å². The smallest absolute Gasteiger partial charge is 0.193 e. The topological polar surface area (TPSA) is 48.7 Å². The first-order valence-corrected chi connectivity index (χ1v) is 9.92. The van der Waals surface area contributed by atoms with E-state index in [4.69, 9.17) is 11.6 Å². The predicted octanol–water partition coefficient (Wildman–Crippen LogP) is 2.94. The molecule has 1 aromatic carbocycles. The van der Waals surface area contributed by atoms with Gasteiger partial charge < -0.3 is 15.1 Å². The molecule has 0 radical (unpaired) electrons. The van der Waals surface area contributed by atoms with E-state index in [0.717, 1.165) is 62.4 Å². The van der Waals surface area contributed by atoms with Gasteiger partial charge in [-0.25, -0.2) is 0 Å². The summed E-state index contributed by atoms with van der Waals surface area (Å²) in [6.07, 6.45) is 1.02. The van der Waals surface area contributed by atoms with E-state index in [0.29, 0.717) is 0 Å². The molecule has 1 N–H and O–H groups in total. The molecule has 3 rings (SSSR count). The number of piperazine rings is 1. The molecule has 0 amide bonds. The van der Waals surface area contributed by atoms with Crippen molar-refractivity contribution < 1.29 is 0 Å². The molecule has 1 aliphatic rings. The molecule has 7 heteroatoms. The summed E-state index contributed by atoms with van der Waals surface area (Å²) >= 11 is 6.12. The van der Waals surface area contributed by atoms with Crippen molar-refractivity contribution in [2.75, 3.05) is 44.7 Å². The van der Waals surface area contributed by atoms with Gasteiger partial charge in [-0.15, -0.1) is 0 Å². The fraction of sp³-hybridized carbons (Fsp3) is 0.500. The van der Waals surface area contributed by atoms with Crippen LogP contribution >= 0.6 is 11.6 Å². The molecule has 0 aliphatic carbocycles. The lowest BCUT2D eigenvalue weighted by Crippen LogP contribution is -2.52. The molecule has 1 fully saturated rings. The molecule has 0 spiro atoms. The van der Waals surface area contributed by atoms with E-state index in [1.54, 1.807) is 0 Å². The standard InChI is InChI=1S/C20H29ClN6/c1-16-14-17(2)27(24-16)9-5-8-23-20(22-3)26-12-10-25(11-13-26)19-7-4-6-18(21)15-19/h4,6-7,14-15H,5,8-13H2,1-3H3,(H,22,23). The Bertz CT molecular complexity index is 777. The van der Waals surface area contributed by atoms with E-state index in [-0.39, 0.29) is 0 Å². The highest BCUT2D eigenvalue weighted by Gasteiger charge is 2.19. The first kappa shape index (κ1) is 19.5. The third kappa shape index (κ3) is 5.16. The molecule has 27 heavy (non-hydrogen) atoms. The van der Waals surface area contributed by atoms with Gasteiger partial charge in [-0.3, -0.25) is 9.67 Å². The van der Waals surface area contributed by atoms with Gasteiger partial charge >= 0.3 is 0 Å². The number of aromatic nitrogens is 2.